The number of aryl methyl sites for hydroxylation is 1. The van der Waals surface area contributed by atoms with Crippen molar-refractivity contribution in [2.24, 2.45) is 0 Å². The molecule has 100 valence electrons. The van der Waals surface area contributed by atoms with Crippen LogP contribution in [0.2, 0.25) is 0 Å². The van der Waals surface area contributed by atoms with Crippen molar-refractivity contribution in [1.29, 1.82) is 0 Å². The second-order valence-electron chi connectivity index (χ2n) is 5.25. The monoisotopic (exact) mass is 262 g/mol. The third-order valence-electron chi connectivity index (χ3n) is 3.60. The van der Waals surface area contributed by atoms with E-state index in [9.17, 15) is 0 Å². The van der Waals surface area contributed by atoms with E-state index < -0.39 is 0 Å². The Morgan fingerprint density at radius 1 is 0.850 bits per heavy atom. The molecule has 2 heteroatoms. The molecule has 0 N–H and O–H groups in total. The quantitative estimate of drug-likeness (QED) is 0.685. The second-order valence-corrected chi connectivity index (χ2v) is 5.25. The van der Waals surface area contributed by atoms with Crippen molar-refractivity contribution in [2.75, 3.05) is 19.0 Å². The Kier molecular flexibility index (Phi) is 3.15. The van der Waals surface area contributed by atoms with Crippen molar-refractivity contribution < 1.29 is 0 Å². The SMILES string of the molecule is Cc1ccccc1-c1cc(N(C)C)nc2ccccc12. The van der Waals surface area contributed by atoms with E-state index in [1.807, 2.05) is 25.1 Å². The van der Waals surface area contributed by atoms with E-state index in [2.05, 4.69) is 55.5 Å². The molecule has 0 spiro atoms. The zero-order valence-corrected chi connectivity index (χ0v) is 12.1. The summed E-state index contributed by atoms with van der Waals surface area (Å²) in [6.07, 6.45) is 0. The van der Waals surface area contributed by atoms with Crippen LogP contribution in [0.1, 0.15) is 5.56 Å². The number of para-hydroxylation sites is 1. The van der Waals surface area contributed by atoms with Crippen LogP contribution < -0.4 is 4.90 Å². The number of nitrogens with zero attached hydrogens (tertiary/aromatic N) is 2. The molecular formula is C18H18N2. The van der Waals surface area contributed by atoms with Crippen LogP contribution in [0.25, 0.3) is 22.0 Å². The Bertz CT molecular complexity index is 760. The molecule has 0 saturated heterocycles. The molecule has 3 rings (SSSR count). The standard InChI is InChI=1S/C18H18N2/c1-13-8-4-5-9-14(13)16-12-18(20(2)3)19-17-11-7-6-10-15(16)17/h4-12H,1-3H3. The molecule has 0 unspecified atom stereocenters. The van der Waals surface area contributed by atoms with E-state index in [0.29, 0.717) is 0 Å². The summed E-state index contributed by atoms with van der Waals surface area (Å²) < 4.78 is 0. The van der Waals surface area contributed by atoms with Gasteiger partial charge in [0.2, 0.25) is 0 Å². The average Bonchev–Trinajstić information content (AvgIpc) is 2.46. The van der Waals surface area contributed by atoms with Gasteiger partial charge in [0.05, 0.1) is 5.52 Å². The summed E-state index contributed by atoms with van der Waals surface area (Å²) in [5.74, 6) is 0.988. The first-order valence-corrected chi connectivity index (χ1v) is 6.80. The predicted molar refractivity (Wildman–Crippen MR) is 86.2 cm³/mol. The predicted octanol–water partition coefficient (Wildman–Crippen LogP) is 4.28. The first-order valence-electron chi connectivity index (χ1n) is 6.80. The number of anilines is 1. The second kappa shape index (κ2) is 4.97. The Morgan fingerprint density at radius 3 is 2.30 bits per heavy atom. The minimum atomic E-state index is 0.988. The normalized spacial score (nSPS) is 10.8. The highest BCUT2D eigenvalue weighted by molar-refractivity contribution is 5.96. The van der Waals surface area contributed by atoms with Gasteiger partial charge in [-0.15, -0.1) is 0 Å². The summed E-state index contributed by atoms with van der Waals surface area (Å²) in [5.41, 5.74) is 4.84. The number of hydrogen-bond donors (Lipinski definition) is 0. The number of rotatable bonds is 2. The van der Waals surface area contributed by atoms with Gasteiger partial charge in [-0.2, -0.15) is 0 Å². The Balaban J connectivity index is 2.36. The van der Waals surface area contributed by atoms with E-state index in [1.54, 1.807) is 0 Å². The maximum Gasteiger partial charge on any atom is 0.129 e. The molecule has 0 aliphatic heterocycles. The molecule has 3 aromatic rings. The van der Waals surface area contributed by atoms with Crippen molar-refractivity contribution in [3.05, 3.63) is 60.2 Å². The fourth-order valence-corrected chi connectivity index (χ4v) is 2.49. The maximum atomic E-state index is 4.72. The van der Waals surface area contributed by atoms with E-state index in [0.717, 1.165) is 11.3 Å². The molecule has 0 aliphatic rings. The van der Waals surface area contributed by atoms with E-state index in [1.165, 1.54) is 22.1 Å². The number of aromatic nitrogens is 1. The maximum absolute atomic E-state index is 4.72. The molecule has 1 heterocycles. The first kappa shape index (κ1) is 12.7. The molecule has 0 radical (unpaired) electrons. The van der Waals surface area contributed by atoms with Crippen LogP contribution in [0.5, 0.6) is 0 Å². The number of pyridine rings is 1. The third kappa shape index (κ3) is 2.14. The van der Waals surface area contributed by atoms with E-state index in [-0.39, 0.29) is 0 Å². The molecule has 0 aliphatic carbocycles. The zero-order chi connectivity index (χ0) is 14.1. The fourth-order valence-electron chi connectivity index (χ4n) is 2.49. The molecular weight excluding hydrogens is 244 g/mol. The zero-order valence-electron chi connectivity index (χ0n) is 12.1. The topological polar surface area (TPSA) is 16.1 Å². The van der Waals surface area contributed by atoms with Crippen molar-refractivity contribution >= 4 is 16.7 Å². The first-order chi connectivity index (χ1) is 9.66. The molecule has 2 aromatic carbocycles. The highest BCUT2D eigenvalue weighted by Crippen LogP contribution is 2.32. The van der Waals surface area contributed by atoms with Gasteiger partial charge in [0.1, 0.15) is 5.82 Å². The lowest BCUT2D eigenvalue weighted by Gasteiger charge is -2.16. The number of benzene rings is 2. The number of fused-ring (bicyclic) bond motifs is 1. The summed E-state index contributed by atoms with van der Waals surface area (Å²) in [7, 11) is 4.05. The van der Waals surface area contributed by atoms with Gasteiger partial charge in [-0.1, -0.05) is 42.5 Å². The largest absolute Gasteiger partial charge is 0.363 e. The molecule has 0 bridgehead atoms. The van der Waals surface area contributed by atoms with Crippen molar-refractivity contribution in [3.8, 4) is 11.1 Å². The van der Waals surface area contributed by atoms with Gasteiger partial charge in [-0.3, -0.25) is 0 Å². The van der Waals surface area contributed by atoms with Crippen molar-refractivity contribution in [1.82, 2.24) is 4.98 Å². The highest BCUT2D eigenvalue weighted by Gasteiger charge is 2.10. The van der Waals surface area contributed by atoms with Crippen LogP contribution in [0.4, 0.5) is 5.82 Å². The van der Waals surface area contributed by atoms with Gasteiger partial charge in [0, 0.05) is 19.5 Å². The lowest BCUT2D eigenvalue weighted by atomic mass is 9.97. The van der Waals surface area contributed by atoms with Crippen LogP contribution in [-0.2, 0) is 0 Å². The van der Waals surface area contributed by atoms with Crippen LogP contribution in [0, 0.1) is 6.92 Å². The molecule has 0 amide bonds. The third-order valence-corrected chi connectivity index (χ3v) is 3.60. The summed E-state index contributed by atoms with van der Waals surface area (Å²) in [4.78, 5) is 6.77. The minimum absolute atomic E-state index is 0.988. The summed E-state index contributed by atoms with van der Waals surface area (Å²) in [6.45, 7) is 2.15. The Labute approximate surface area is 119 Å². The summed E-state index contributed by atoms with van der Waals surface area (Å²) >= 11 is 0. The summed E-state index contributed by atoms with van der Waals surface area (Å²) in [5, 5.41) is 1.20. The van der Waals surface area contributed by atoms with E-state index in [4.69, 9.17) is 4.98 Å². The van der Waals surface area contributed by atoms with Gasteiger partial charge >= 0.3 is 0 Å². The van der Waals surface area contributed by atoms with Crippen molar-refractivity contribution in [3.63, 3.8) is 0 Å². The lowest BCUT2D eigenvalue weighted by Crippen LogP contribution is -2.10. The van der Waals surface area contributed by atoms with E-state index >= 15 is 0 Å². The van der Waals surface area contributed by atoms with Crippen LogP contribution in [0.15, 0.2) is 54.6 Å². The van der Waals surface area contributed by atoms with Crippen LogP contribution >= 0.6 is 0 Å². The average molecular weight is 262 g/mol. The van der Waals surface area contributed by atoms with Gasteiger partial charge in [-0.25, -0.2) is 4.98 Å². The molecule has 0 atom stereocenters. The minimum Gasteiger partial charge on any atom is -0.363 e. The number of hydrogen-bond acceptors (Lipinski definition) is 2. The molecule has 0 fully saturated rings. The smallest absolute Gasteiger partial charge is 0.129 e. The van der Waals surface area contributed by atoms with Crippen LogP contribution in [0.3, 0.4) is 0 Å². The molecule has 0 saturated carbocycles. The van der Waals surface area contributed by atoms with Crippen molar-refractivity contribution in [2.45, 2.75) is 6.92 Å². The Hall–Kier alpha value is -2.35. The summed E-state index contributed by atoms with van der Waals surface area (Å²) in [6, 6.07) is 19.0. The van der Waals surface area contributed by atoms with Gasteiger partial charge in [-0.05, 0) is 35.7 Å². The van der Waals surface area contributed by atoms with Gasteiger partial charge in [0.25, 0.3) is 0 Å². The van der Waals surface area contributed by atoms with Crippen LogP contribution in [-0.4, -0.2) is 19.1 Å². The van der Waals surface area contributed by atoms with Gasteiger partial charge < -0.3 is 4.90 Å². The molecule has 2 nitrogen and oxygen atoms in total. The fraction of sp³-hybridized carbons (Fsp3) is 0.167. The lowest BCUT2D eigenvalue weighted by molar-refractivity contribution is 1.08. The highest BCUT2D eigenvalue weighted by atomic mass is 15.1. The Morgan fingerprint density at radius 2 is 1.55 bits per heavy atom. The molecule has 1 aromatic heterocycles. The molecule has 20 heavy (non-hydrogen) atoms. The van der Waals surface area contributed by atoms with Gasteiger partial charge in [0.15, 0.2) is 0 Å².